The van der Waals surface area contributed by atoms with Crippen molar-refractivity contribution in [3.05, 3.63) is 34.5 Å². The van der Waals surface area contributed by atoms with Gasteiger partial charge in [0.15, 0.2) is 0 Å². The predicted octanol–water partition coefficient (Wildman–Crippen LogP) is 5.67. The molecule has 1 N–H and O–H groups in total. The maximum absolute atomic E-state index is 6.00. The topological polar surface area (TPSA) is 25.2 Å². The van der Waals surface area contributed by atoms with E-state index in [-0.39, 0.29) is 6.04 Å². The van der Waals surface area contributed by atoms with E-state index >= 15 is 0 Å². The van der Waals surface area contributed by atoms with Crippen LogP contribution in [0.25, 0.3) is 11.0 Å². The SMILES string of the molecule is CC1CCC(NC(C)c2cc3cc(Br)ccc3o2)C(C)C1. The van der Waals surface area contributed by atoms with Crippen LogP contribution in [-0.4, -0.2) is 6.04 Å². The fourth-order valence-electron chi connectivity index (χ4n) is 3.56. The second kappa shape index (κ2) is 6.13. The van der Waals surface area contributed by atoms with Gasteiger partial charge in [0.05, 0.1) is 6.04 Å². The van der Waals surface area contributed by atoms with E-state index in [1.54, 1.807) is 0 Å². The van der Waals surface area contributed by atoms with E-state index in [4.69, 9.17) is 4.42 Å². The Balaban J connectivity index is 1.73. The number of rotatable bonds is 3. The first-order valence-corrected chi connectivity index (χ1v) is 8.77. The van der Waals surface area contributed by atoms with E-state index in [1.165, 1.54) is 24.6 Å². The summed E-state index contributed by atoms with van der Waals surface area (Å²) < 4.78 is 7.09. The van der Waals surface area contributed by atoms with Gasteiger partial charge in [0.1, 0.15) is 11.3 Å². The average molecular weight is 350 g/mol. The molecule has 0 bridgehead atoms. The van der Waals surface area contributed by atoms with Gasteiger partial charge in [-0.3, -0.25) is 0 Å². The van der Waals surface area contributed by atoms with Gasteiger partial charge in [-0.1, -0.05) is 29.8 Å². The van der Waals surface area contributed by atoms with Crippen molar-refractivity contribution in [2.24, 2.45) is 11.8 Å². The number of fused-ring (bicyclic) bond motifs is 1. The lowest BCUT2D eigenvalue weighted by molar-refractivity contribution is 0.211. The molecule has 4 unspecified atom stereocenters. The van der Waals surface area contributed by atoms with Crippen LogP contribution in [0, 0.1) is 11.8 Å². The molecule has 4 atom stereocenters. The molecule has 0 spiro atoms. The first-order valence-electron chi connectivity index (χ1n) is 7.98. The molecule has 2 aromatic rings. The normalized spacial score (nSPS) is 27.9. The summed E-state index contributed by atoms with van der Waals surface area (Å²) in [6, 6.07) is 9.19. The summed E-state index contributed by atoms with van der Waals surface area (Å²) in [4.78, 5) is 0. The van der Waals surface area contributed by atoms with Gasteiger partial charge < -0.3 is 9.73 Å². The molecule has 1 heterocycles. The van der Waals surface area contributed by atoms with Crippen molar-refractivity contribution in [2.45, 2.75) is 52.1 Å². The van der Waals surface area contributed by atoms with E-state index in [2.05, 4.69) is 54.2 Å². The predicted molar refractivity (Wildman–Crippen MR) is 91.4 cm³/mol. The highest BCUT2D eigenvalue weighted by Gasteiger charge is 2.27. The number of halogens is 1. The molecule has 1 saturated carbocycles. The van der Waals surface area contributed by atoms with Crippen LogP contribution < -0.4 is 5.32 Å². The molecule has 1 aliphatic rings. The van der Waals surface area contributed by atoms with Gasteiger partial charge in [-0.25, -0.2) is 0 Å². The van der Waals surface area contributed by atoms with Crippen LogP contribution in [0.4, 0.5) is 0 Å². The Morgan fingerprint density at radius 1 is 1.24 bits per heavy atom. The smallest absolute Gasteiger partial charge is 0.134 e. The van der Waals surface area contributed by atoms with Gasteiger partial charge in [0.25, 0.3) is 0 Å². The average Bonchev–Trinajstić information content (AvgIpc) is 2.85. The highest BCUT2D eigenvalue weighted by molar-refractivity contribution is 9.10. The van der Waals surface area contributed by atoms with Crippen LogP contribution >= 0.6 is 15.9 Å². The summed E-state index contributed by atoms with van der Waals surface area (Å²) in [5.41, 5.74) is 0.965. The minimum atomic E-state index is 0.261. The number of nitrogens with one attached hydrogen (secondary N) is 1. The zero-order valence-corrected chi connectivity index (χ0v) is 14.6. The summed E-state index contributed by atoms with van der Waals surface area (Å²) in [5.74, 6) is 2.65. The number of benzene rings is 1. The van der Waals surface area contributed by atoms with Gasteiger partial charge in [-0.15, -0.1) is 0 Å². The van der Waals surface area contributed by atoms with Gasteiger partial charge in [-0.2, -0.15) is 0 Å². The number of furan rings is 1. The third kappa shape index (κ3) is 3.35. The van der Waals surface area contributed by atoms with Gasteiger partial charge in [-0.05, 0) is 62.3 Å². The molecule has 0 saturated heterocycles. The standard InChI is InChI=1S/C18H24BrNO/c1-11-4-6-16(12(2)8-11)20-13(3)18-10-14-9-15(19)5-7-17(14)21-18/h5,7,9-13,16,20H,4,6,8H2,1-3H3. The van der Waals surface area contributed by atoms with Crippen molar-refractivity contribution in [3.8, 4) is 0 Å². The summed E-state index contributed by atoms with van der Waals surface area (Å²) in [6.45, 7) is 6.95. The molecule has 1 aromatic heterocycles. The van der Waals surface area contributed by atoms with Gasteiger partial charge >= 0.3 is 0 Å². The van der Waals surface area contributed by atoms with Gasteiger partial charge in [0.2, 0.25) is 0 Å². The largest absolute Gasteiger partial charge is 0.459 e. The Labute approximate surface area is 135 Å². The second-order valence-electron chi connectivity index (χ2n) is 6.72. The Bertz CT molecular complexity index is 621. The van der Waals surface area contributed by atoms with Crippen LogP contribution in [0.15, 0.2) is 33.2 Å². The Morgan fingerprint density at radius 2 is 2.05 bits per heavy atom. The van der Waals surface area contributed by atoms with E-state index < -0.39 is 0 Å². The number of hydrogen-bond donors (Lipinski definition) is 1. The Morgan fingerprint density at radius 3 is 2.81 bits per heavy atom. The fourth-order valence-corrected chi connectivity index (χ4v) is 3.94. The Kier molecular flexibility index (Phi) is 4.41. The van der Waals surface area contributed by atoms with Crippen LogP contribution in [-0.2, 0) is 0 Å². The fraction of sp³-hybridized carbons (Fsp3) is 0.556. The van der Waals surface area contributed by atoms with E-state index in [1.807, 2.05) is 12.1 Å². The summed E-state index contributed by atoms with van der Waals surface area (Å²) in [7, 11) is 0. The molecule has 0 amide bonds. The molecule has 21 heavy (non-hydrogen) atoms. The van der Waals surface area contributed by atoms with Crippen LogP contribution in [0.5, 0.6) is 0 Å². The van der Waals surface area contributed by atoms with E-state index in [9.17, 15) is 0 Å². The summed E-state index contributed by atoms with van der Waals surface area (Å²) in [6.07, 6.45) is 3.94. The summed E-state index contributed by atoms with van der Waals surface area (Å²) in [5, 5.41) is 4.94. The van der Waals surface area contributed by atoms with Crippen molar-refractivity contribution in [2.75, 3.05) is 0 Å². The molecular formula is C18H24BrNO. The van der Waals surface area contributed by atoms with Crippen molar-refractivity contribution in [3.63, 3.8) is 0 Å². The molecule has 2 nitrogen and oxygen atoms in total. The first kappa shape index (κ1) is 15.1. The molecular weight excluding hydrogens is 326 g/mol. The van der Waals surface area contributed by atoms with Crippen LogP contribution in [0.2, 0.25) is 0 Å². The molecule has 1 aromatic carbocycles. The zero-order chi connectivity index (χ0) is 15.0. The molecule has 1 fully saturated rings. The Hall–Kier alpha value is -0.800. The van der Waals surface area contributed by atoms with Crippen molar-refractivity contribution in [1.29, 1.82) is 0 Å². The first-order chi connectivity index (χ1) is 10.0. The lowest BCUT2D eigenvalue weighted by Gasteiger charge is -2.34. The van der Waals surface area contributed by atoms with Gasteiger partial charge in [0, 0.05) is 15.9 Å². The highest BCUT2D eigenvalue weighted by atomic mass is 79.9. The van der Waals surface area contributed by atoms with Crippen molar-refractivity contribution in [1.82, 2.24) is 5.32 Å². The van der Waals surface area contributed by atoms with Crippen LogP contribution in [0.3, 0.4) is 0 Å². The lowest BCUT2D eigenvalue weighted by atomic mass is 9.79. The molecule has 3 heteroatoms. The minimum Gasteiger partial charge on any atom is -0.459 e. The maximum atomic E-state index is 6.00. The number of hydrogen-bond acceptors (Lipinski definition) is 2. The lowest BCUT2D eigenvalue weighted by Crippen LogP contribution is -2.40. The molecule has 0 aliphatic heterocycles. The molecule has 3 rings (SSSR count). The zero-order valence-electron chi connectivity index (χ0n) is 13.0. The maximum Gasteiger partial charge on any atom is 0.134 e. The molecule has 0 radical (unpaired) electrons. The highest BCUT2D eigenvalue weighted by Crippen LogP contribution is 2.31. The summed E-state index contributed by atoms with van der Waals surface area (Å²) >= 11 is 3.51. The monoisotopic (exact) mass is 349 g/mol. The van der Waals surface area contributed by atoms with E-state index in [0.717, 1.165) is 27.7 Å². The molecule has 114 valence electrons. The van der Waals surface area contributed by atoms with Crippen molar-refractivity contribution >= 4 is 26.9 Å². The minimum absolute atomic E-state index is 0.261. The molecule has 1 aliphatic carbocycles. The third-order valence-corrected chi connectivity index (χ3v) is 5.31. The third-order valence-electron chi connectivity index (χ3n) is 4.82. The second-order valence-corrected chi connectivity index (χ2v) is 7.64. The van der Waals surface area contributed by atoms with Crippen molar-refractivity contribution < 1.29 is 4.42 Å². The van der Waals surface area contributed by atoms with Crippen LogP contribution in [0.1, 0.15) is 51.8 Å². The quantitative estimate of drug-likeness (QED) is 0.771. The van der Waals surface area contributed by atoms with E-state index in [0.29, 0.717) is 6.04 Å².